The molecule has 1 aromatic carbocycles. The van der Waals surface area contributed by atoms with Gasteiger partial charge in [0.2, 0.25) is 0 Å². The number of rotatable bonds is 5. The second kappa shape index (κ2) is 5.95. The Morgan fingerprint density at radius 3 is 2.81 bits per heavy atom. The summed E-state index contributed by atoms with van der Waals surface area (Å²) >= 11 is 0. The standard InChI is InChI=1S/C13H16O3/c1-10-9-11(7-8-12(10)16-2)5-3-4-6-13(14)15/h4,6-9H,3,5H2,1-2H3,(H,14,15)/b6-4+. The van der Waals surface area contributed by atoms with Crippen molar-refractivity contribution in [1.82, 2.24) is 0 Å². The van der Waals surface area contributed by atoms with E-state index in [0.29, 0.717) is 0 Å². The molecule has 3 heteroatoms. The van der Waals surface area contributed by atoms with Gasteiger partial charge in [-0.1, -0.05) is 18.2 Å². The van der Waals surface area contributed by atoms with Crippen LogP contribution in [-0.2, 0) is 11.2 Å². The Morgan fingerprint density at radius 2 is 2.25 bits per heavy atom. The van der Waals surface area contributed by atoms with Gasteiger partial charge in [-0.05, 0) is 37.0 Å². The molecule has 0 fully saturated rings. The Balaban J connectivity index is 2.55. The average molecular weight is 220 g/mol. The molecule has 1 aromatic rings. The Labute approximate surface area is 95.4 Å². The molecule has 0 bridgehead atoms. The Bertz CT molecular complexity index is 394. The van der Waals surface area contributed by atoms with E-state index in [1.807, 2.05) is 19.1 Å². The molecule has 0 aliphatic heterocycles. The molecule has 1 N–H and O–H groups in total. The Kier molecular flexibility index (Phi) is 4.58. The minimum absolute atomic E-state index is 0.734. The quantitative estimate of drug-likeness (QED) is 0.776. The molecule has 0 spiro atoms. The van der Waals surface area contributed by atoms with E-state index in [2.05, 4.69) is 6.07 Å². The smallest absolute Gasteiger partial charge is 0.327 e. The van der Waals surface area contributed by atoms with E-state index in [0.717, 1.165) is 24.2 Å². The maximum Gasteiger partial charge on any atom is 0.327 e. The van der Waals surface area contributed by atoms with Crippen molar-refractivity contribution in [2.24, 2.45) is 0 Å². The molecule has 0 radical (unpaired) electrons. The Hall–Kier alpha value is -1.77. The van der Waals surface area contributed by atoms with Crippen molar-refractivity contribution in [3.05, 3.63) is 41.5 Å². The van der Waals surface area contributed by atoms with Gasteiger partial charge >= 0.3 is 5.97 Å². The summed E-state index contributed by atoms with van der Waals surface area (Å²) in [5.74, 6) is -0.0178. The first-order valence-electron chi connectivity index (χ1n) is 5.16. The lowest BCUT2D eigenvalue weighted by molar-refractivity contribution is -0.131. The molecular weight excluding hydrogens is 204 g/mol. The van der Waals surface area contributed by atoms with Crippen LogP contribution < -0.4 is 4.74 Å². The molecule has 86 valence electrons. The van der Waals surface area contributed by atoms with Gasteiger partial charge in [-0.3, -0.25) is 0 Å². The summed E-state index contributed by atoms with van der Waals surface area (Å²) in [5.41, 5.74) is 2.29. The van der Waals surface area contributed by atoms with E-state index in [1.165, 1.54) is 11.6 Å². The number of benzene rings is 1. The zero-order valence-electron chi connectivity index (χ0n) is 9.56. The average Bonchev–Trinajstić information content (AvgIpc) is 2.24. The first-order chi connectivity index (χ1) is 7.63. The molecule has 0 aliphatic carbocycles. The summed E-state index contributed by atoms with van der Waals surface area (Å²) in [7, 11) is 1.65. The number of aliphatic carboxylic acids is 1. The lowest BCUT2D eigenvalue weighted by Crippen LogP contribution is -1.91. The van der Waals surface area contributed by atoms with Crippen molar-refractivity contribution in [3.63, 3.8) is 0 Å². The highest BCUT2D eigenvalue weighted by Crippen LogP contribution is 2.19. The summed E-state index contributed by atoms with van der Waals surface area (Å²) in [4.78, 5) is 10.2. The van der Waals surface area contributed by atoms with Crippen LogP contribution in [0.15, 0.2) is 30.4 Å². The van der Waals surface area contributed by atoms with Crippen LogP contribution in [0.4, 0.5) is 0 Å². The molecular formula is C13H16O3. The van der Waals surface area contributed by atoms with Crippen LogP contribution >= 0.6 is 0 Å². The zero-order chi connectivity index (χ0) is 12.0. The molecule has 0 saturated heterocycles. The number of ether oxygens (including phenoxy) is 1. The molecule has 1 rings (SSSR count). The largest absolute Gasteiger partial charge is 0.496 e. The summed E-state index contributed by atoms with van der Waals surface area (Å²) in [6.45, 7) is 2.00. The van der Waals surface area contributed by atoms with E-state index in [-0.39, 0.29) is 0 Å². The summed E-state index contributed by atoms with van der Waals surface area (Å²) in [5, 5.41) is 8.42. The molecule has 0 atom stereocenters. The van der Waals surface area contributed by atoms with E-state index < -0.39 is 5.97 Å². The van der Waals surface area contributed by atoms with Gasteiger partial charge < -0.3 is 9.84 Å². The fourth-order valence-corrected chi connectivity index (χ4v) is 1.53. The molecule has 3 nitrogen and oxygen atoms in total. The van der Waals surface area contributed by atoms with Crippen molar-refractivity contribution < 1.29 is 14.6 Å². The SMILES string of the molecule is COc1ccc(CC/C=C/C(=O)O)cc1C. The van der Waals surface area contributed by atoms with Gasteiger partial charge in [-0.2, -0.15) is 0 Å². The summed E-state index contributed by atoms with van der Waals surface area (Å²) in [6, 6.07) is 6.00. The van der Waals surface area contributed by atoms with Crippen LogP contribution in [0.5, 0.6) is 5.75 Å². The number of hydrogen-bond acceptors (Lipinski definition) is 2. The molecule has 0 heterocycles. The van der Waals surface area contributed by atoms with Gasteiger partial charge in [0, 0.05) is 6.08 Å². The minimum atomic E-state index is -0.897. The fraction of sp³-hybridized carbons (Fsp3) is 0.308. The van der Waals surface area contributed by atoms with Crippen molar-refractivity contribution in [2.45, 2.75) is 19.8 Å². The highest BCUT2D eigenvalue weighted by atomic mass is 16.5. The van der Waals surface area contributed by atoms with Gasteiger partial charge in [0.15, 0.2) is 0 Å². The Morgan fingerprint density at radius 1 is 1.50 bits per heavy atom. The lowest BCUT2D eigenvalue weighted by Gasteiger charge is -2.06. The zero-order valence-corrected chi connectivity index (χ0v) is 9.56. The van der Waals surface area contributed by atoms with Crippen LogP contribution in [-0.4, -0.2) is 18.2 Å². The van der Waals surface area contributed by atoms with Gasteiger partial charge in [0.1, 0.15) is 5.75 Å². The van der Waals surface area contributed by atoms with Crippen LogP contribution in [0.2, 0.25) is 0 Å². The van der Waals surface area contributed by atoms with Crippen LogP contribution in [0, 0.1) is 6.92 Å². The number of carboxylic acid groups (broad SMARTS) is 1. The molecule has 0 aromatic heterocycles. The maximum absolute atomic E-state index is 10.2. The van der Waals surface area contributed by atoms with Crippen molar-refractivity contribution >= 4 is 5.97 Å². The second-order valence-electron chi connectivity index (χ2n) is 3.58. The summed E-state index contributed by atoms with van der Waals surface area (Å²) in [6.07, 6.45) is 4.42. The van der Waals surface area contributed by atoms with Gasteiger partial charge in [0.05, 0.1) is 7.11 Å². The van der Waals surface area contributed by atoms with Gasteiger partial charge in [-0.25, -0.2) is 4.79 Å². The number of carboxylic acids is 1. The number of allylic oxidation sites excluding steroid dienone is 1. The topological polar surface area (TPSA) is 46.5 Å². The van der Waals surface area contributed by atoms with Gasteiger partial charge in [0.25, 0.3) is 0 Å². The van der Waals surface area contributed by atoms with E-state index in [4.69, 9.17) is 9.84 Å². The van der Waals surface area contributed by atoms with Crippen molar-refractivity contribution in [3.8, 4) is 5.75 Å². The van der Waals surface area contributed by atoms with Crippen molar-refractivity contribution in [2.75, 3.05) is 7.11 Å². The third-order valence-electron chi connectivity index (χ3n) is 2.32. The molecule has 16 heavy (non-hydrogen) atoms. The number of hydrogen-bond donors (Lipinski definition) is 1. The number of aryl methyl sites for hydroxylation is 2. The third kappa shape index (κ3) is 3.77. The molecule has 0 aliphatic rings. The number of carbonyl (C=O) groups is 1. The molecule has 0 saturated carbocycles. The summed E-state index contributed by atoms with van der Waals surface area (Å²) < 4.78 is 5.17. The predicted molar refractivity (Wildman–Crippen MR) is 62.8 cm³/mol. The van der Waals surface area contributed by atoms with E-state index in [9.17, 15) is 4.79 Å². The second-order valence-corrected chi connectivity index (χ2v) is 3.58. The van der Waals surface area contributed by atoms with Crippen LogP contribution in [0.3, 0.4) is 0 Å². The lowest BCUT2D eigenvalue weighted by atomic mass is 10.1. The van der Waals surface area contributed by atoms with E-state index in [1.54, 1.807) is 13.2 Å². The maximum atomic E-state index is 10.2. The number of methoxy groups -OCH3 is 1. The van der Waals surface area contributed by atoms with Crippen LogP contribution in [0.25, 0.3) is 0 Å². The molecule has 0 unspecified atom stereocenters. The van der Waals surface area contributed by atoms with E-state index >= 15 is 0 Å². The first kappa shape index (κ1) is 12.3. The monoisotopic (exact) mass is 220 g/mol. The first-order valence-corrected chi connectivity index (χ1v) is 5.16. The normalized spacial score (nSPS) is 10.6. The fourth-order valence-electron chi connectivity index (χ4n) is 1.53. The molecule has 0 amide bonds. The predicted octanol–water partition coefficient (Wildman–Crippen LogP) is 2.58. The minimum Gasteiger partial charge on any atom is -0.496 e. The highest BCUT2D eigenvalue weighted by Gasteiger charge is 1.99. The van der Waals surface area contributed by atoms with Crippen molar-refractivity contribution in [1.29, 1.82) is 0 Å². The third-order valence-corrected chi connectivity index (χ3v) is 2.32. The van der Waals surface area contributed by atoms with Gasteiger partial charge in [-0.15, -0.1) is 0 Å². The highest BCUT2D eigenvalue weighted by molar-refractivity contribution is 5.79. The van der Waals surface area contributed by atoms with Crippen LogP contribution in [0.1, 0.15) is 17.5 Å².